The maximum Gasteiger partial charge on any atom is 0.220 e. The Morgan fingerprint density at radius 1 is 1.17 bits per heavy atom. The van der Waals surface area contributed by atoms with E-state index in [-0.39, 0.29) is 36.7 Å². The molecule has 2 rings (SSSR count). The highest BCUT2D eigenvalue weighted by molar-refractivity contribution is 5.85. The van der Waals surface area contributed by atoms with Gasteiger partial charge < -0.3 is 16.8 Å². The maximum absolute atomic E-state index is 12.3. The van der Waals surface area contributed by atoms with Crippen LogP contribution in [0.15, 0.2) is 24.3 Å². The van der Waals surface area contributed by atoms with Crippen LogP contribution in [0.2, 0.25) is 0 Å². The molecule has 0 aliphatic heterocycles. The van der Waals surface area contributed by atoms with E-state index in [4.69, 9.17) is 11.5 Å². The molecule has 1 aliphatic carbocycles. The van der Waals surface area contributed by atoms with Gasteiger partial charge in [-0.2, -0.15) is 0 Å². The summed E-state index contributed by atoms with van der Waals surface area (Å²) in [5.41, 5.74) is 12.9. The van der Waals surface area contributed by atoms with Gasteiger partial charge in [-0.05, 0) is 36.8 Å². The number of amides is 2. The van der Waals surface area contributed by atoms with E-state index in [2.05, 4.69) is 5.32 Å². The molecule has 134 valence electrons. The summed E-state index contributed by atoms with van der Waals surface area (Å²) in [7, 11) is 0. The Hall–Kier alpha value is -1.75. The van der Waals surface area contributed by atoms with E-state index < -0.39 is 0 Å². The molecule has 1 fully saturated rings. The van der Waals surface area contributed by atoms with Crippen molar-refractivity contribution in [2.75, 3.05) is 5.73 Å². The first-order valence-corrected chi connectivity index (χ1v) is 8.47. The van der Waals surface area contributed by atoms with Gasteiger partial charge >= 0.3 is 0 Å². The third kappa shape index (κ3) is 6.40. The number of para-hydroxylation sites is 1. The van der Waals surface area contributed by atoms with Crippen molar-refractivity contribution in [1.82, 2.24) is 5.32 Å². The minimum absolute atomic E-state index is 0. The second-order valence-corrected chi connectivity index (χ2v) is 6.44. The van der Waals surface area contributed by atoms with Gasteiger partial charge in [0.1, 0.15) is 0 Å². The molecule has 0 spiro atoms. The number of benzene rings is 1. The smallest absolute Gasteiger partial charge is 0.220 e. The van der Waals surface area contributed by atoms with E-state index in [1.807, 2.05) is 24.3 Å². The van der Waals surface area contributed by atoms with Crippen LogP contribution in [0.5, 0.6) is 0 Å². The number of halogens is 1. The first kappa shape index (κ1) is 20.3. The quantitative estimate of drug-likeness (QED) is 0.657. The van der Waals surface area contributed by atoms with E-state index in [1.165, 1.54) is 6.42 Å². The monoisotopic (exact) mass is 353 g/mol. The molecule has 0 saturated heterocycles. The zero-order valence-corrected chi connectivity index (χ0v) is 14.8. The van der Waals surface area contributed by atoms with Gasteiger partial charge in [0, 0.05) is 24.6 Å². The molecule has 2 amide bonds. The summed E-state index contributed by atoms with van der Waals surface area (Å²) >= 11 is 0. The highest BCUT2D eigenvalue weighted by Crippen LogP contribution is 2.27. The summed E-state index contributed by atoms with van der Waals surface area (Å²) in [6.07, 6.45) is 6.88. The molecule has 0 aromatic heterocycles. The predicted octanol–water partition coefficient (Wildman–Crippen LogP) is 2.56. The van der Waals surface area contributed by atoms with Crippen LogP contribution >= 0.6 is 12.4 Å². The van der Waals surface area contributed by atoms with E-state index >= 15 is 0 Å². The molecule has 0 heterocycles. The first-order chi connectivity index (χ1) is 11.1. The normalized spacial score (nSPS) is 16.0. The van der Waals surface area contributed by atoms with Crippen LogP contribution in [0.1, 0.15) is 50.5 Å². The largest absolute Gasteiger partial charge is 0.399 e. The molecule has 1 atom stereocenters. The summed E-state index contributed by atoms with van der Waals surface area (Å²) in [4.78, 5) is 23.6. The Balaban J connectivity index is 0.00000288. The second-order valence-electron chi connectivity index (χ2n) is 6.44. The lowest BCUT2D eigenvalue weighted by molar-refractivity contribution is -0.123. The average Bonchev–Trinajstić information content (AvgIpc) is 2.54. The molecule has 5 N–H and O–H groups in total. The summed E-state index contributed by atoms with van der Waals surface area (Å²) in [6, 6.07) is 7.44. The predicted molar refractivity (Wildman–Crippen MR) is 98.7 cm³/mol. The minimum atomic E-state index is -0.354. The van der Waals surface area contributed by atoms with Crippen LogP contribution in [0.25, 0.3) is 0 Å². The van der Waals surface area contributed by atoms with Crippen molar-refractivity contribution in [2.24, 2.45) is 11.7 Å². The summed E-state index contributed by atoms with van der Waals surface area (Å²) < 4.78 is 0. The molecular weight excluding hydrogens is 326 g/mol. The zero-order valence-electron chi connectivity index (χ0n) is 14.0. The van der Waals surface area contributed by atoms with Crippen molar-refractivity contribution in [3.8, 4) is 0 Å². The molecule has 1 aliphatic rings. The first-order valence-electron chi connectivity index (χ1n) is 8.47. The molecule has 1 aromatic rings. The standard InChI is InChI=1S/C18H27N3O2.ClH/c19-15-9-5-4-6-13(15)10-11-18(23)21-16(12-17(20)22)14-7-2-1-3-8-14;/h4-6,9,14,16H,1-3,7-8,10-12,19H2,(H2,20,22)(H,21,23);1H. The number of anilines is 1. The minimum Gasteiger partial charge on any atom is -0.399 e. The number of nitrogen functional groups attached to an aromatic ring is 1. The number of aryl methyl sites for hydroxylation is 1. The number of carbonyl (C=O) groups is 2. The van der Waals surface area contributed by atoms with Gasteiger partial charge in [0.15, 0.2) is 0 Å². The van der Waals surface area contributed by atoms with Crippen molar-refractivity contribution in [3.63, 3.8) is 0 Å². The van der Waals surface area contributed by atoms with Crippen molar-refractivity contribution < 1.29 is 9.59 Å². The lowest BCUT2D eigenvalue weighted by Gasteiger charge is -2.30. The fraction of sp³-hybridized carbons (Fsp3) is 0.556. The number of nitrogens with one attached hydrogen (secondary N) is 1. The number of hydrogen-bond donors (Lipinski definition) is 3. The molecular formula is C18H28ClN3O2. The number of hydrogen-bond acceptors (Lipinski definition) is 3. The molecule has 1 unspecified atom stereocenters. The number of carbonyl (C=O) groups excluding carboxylic acids is 2. The molecule has 1 saturated carbocycles. The van der Waals surface area contributed by atoms with Gasteiger partial charge in [-0.1, -0.05) is 37.5 Å². The average molecular weight is 354 g/mol. The van der Waals surface area contributed by atoms with Crippen molar-refractivity contribution in [2.45, 2.75) is 57.4 Å². The molecule has 6 heteroatoms. The van der Waals surface area contributed by atoms with E-state index in [1.54, 1.807) is 0 Å². The van der Waals surface area contributed by atoms with Crippen LogP contribution in [0, 0.1) is 5.92 Å². The van der Waals surface area contributed by atoms with Crippen LogP contribution in [0.4, 0.5) is 5.69 Å². The van der Waals surface area contributed by atoms with Gasteiger partial charge in [0.05, 0.1) is 0 Å². The number of rotatable bonds is 7. The Kier molecular flexibility index (Phi) is 8.61. The second kappa shape index (κ2) is 10.2. The lowest BCUT2D eigenvalue weighted by Crippen LogP contribution is -2.43. The van der Waals surface area contributed by atoms with E-state index in [0.29, 0.717) is 24.4 Å². The van der Waals surface area contributed by atoms with Crippen LogP contribution in [-0.2, 0) is 16.0 Å². The third-order valence-electron chi connectivity index (χ3n) is 4.66. The Labute approximate surface area is 150 Å². The van der Waals surface area contributed by atoms with Crippen molar-refractivity contribution in [1.29, 1.82) is 0 Å². The van der Waals surface area contributed by atoms with Crippen molar-refractivity contribution in [3.05, 3.63) is 29.8 Å². The Morgan fingerprint density at radius 3 is 2.46 bits per heavy atom. The molecule has 1 aromatic carbocycles. The number of nitrogens with two attached hydrogens (primary N) is 2. The van der Waals surface area contributed by atoms with Crippen LogP contribution in [-0.4, -0.2) is 17.9 Å². The van der Waals surface area contributed by atoms with Gasteiger partial charge in [-0.15, -0.1) is 12.4 Å². The fourth-order valence-corrected chi connectivity index (χ4v) is 3.38. The molecule has 0 radical (unpaired) electrons. The number of primary amides is 1. The van der Waals surface area contributed by atoms with Crippen LogP contribution in [0.3, 0.4) is 0 Å². The fourth-order valence-electron chi connectivity index (χ4n) is 3.38. The SMILES string of the molecule is Cl.NC(=O)CC(NC(=O)CCc1ccccc1N)C1CCCCC1. The maximum atomic E-state index is 12.3. The van der Waals surface area contributed by atoms with Crippen LogP contribution < -0.4 is 16.8 Å². The summed E-state index contributed by atoms with van der Waals surface area (Å²) in [5.74, 6) is -0.0275. The molecule has 5 nitrogen and oxygen atoms in total. The van der Waals surface area contributed by atoms with Crippen molar-refractivity contribution >= 4 is 29.9 Å². The van der Waals surface area contributed by atoms with E-state index in [9.17, 15) is 9.59 Å². The highest BCUT2D eigenvalue weighted by Gasteiger charge is 2.26. The highest BCUT2D eigenvalue weighted by atomic mass is 35.5. The molecule has 24 heavy (non-hydrogen) atoms. The van der Waals surface area contributed by atoms with Gasteiger partial charge in [-0.25, -0.2) is 0 Å². The molecule has 0 bridgehead atoms. The van der Waals surface area contributed by atoms with Gasteiger partial charge in [0.25, 0.3) is 0 Å². The third-order valence-corrected chi connectivity index (χ3v) is 4.66. The Morgan fingerprint density at radius 2 is 1.83 bits per heavy atom. The summed E-state index contributed by atoms with van der Waals surface area (Å²) in [5, 5.41) is 3.03. The lowest BCUT2D eigenvalue weighted by atomic mass is 9.82. The Bertz CT molecular complexity index is 545. The van der Waals surface area contributed by atoms with E-state index in [0.717, 1.165) is 31.2 Å². The van der Waals surface area contributed by atoms with Gasteiger partial charge in [0.2, 0.25) is 11.8 Å². The zero-order chi connectivity index (χ0) is 16.7. The summed E-state index contributed by atoms with van der Waals surface area (Å²) in [6.45, 7) is 0. The van der Waals surface area contributed by atoms with Gasteiger partial charge in [-0.3, -0.25) is 9.59 Å². The topological polar surface area (TPSA) is 98.2 Å².